The lowest BCUT2D eigenvalue weighted by molar-refractivity contribution is 0.225. The summed E-state index contributed by atoms with van der Waals surface area (Å²) < 4.78 is 12.2. The molecule has 1 atom stereocenters. The Morgan fingerprint density at radius 3 is 2.73 bits per heavy atom. The van der Waals surface area contributed by atoms with Crippen LogP contribution in [0.5, 0.6) is 0 Å². The minimum atomic E-state index is -0.884. The number of rotatable bonds is 9. The lowest BCUT2D eigenvalue weighted by atomic mass is 10.1. The smallest absolute Gasteiger partial charge is 0.191 e. The summed E-state index contributed by atoms with van der Waals surface area (Å²) in [6.07, 6.45) is 4.19. The van der Waals surface area contributed by atoms with Gasteiger partial charge in [-0.05, 0) is 25.3 Å². The molecule has 0 aliphatic carbocycles. The average Bonchev–Trinajstić information content (AvgIpc) is 2.64. The minimum absolute atomic E-state index is 0.448. The molecule has 1 heterocycles. The second-order valence-corrected chi connectivity index (χ2v) is 8.12. The van der Waals surface area contributed by atoms with Gasteiger partial charge in [0, 0.05) is 54.5 Å². The summed E-state index contributed by atoms with van der Waals surface area (Å²) in [5, 5.41) is 6.83. The first-order chi connectivity index (χ1) is 12.7. The summed E-state index contributed by atoms with van der Waals surface area (Å²) in [6, 6.07) is 10.4. The van der Waals surface area contributed by atoms with Gasteiger partial charge in [0.2, 0.25) is 0 Å². The number of benzene rings is 1. The van der Waals surface area contributed by atoms with Crippen molar-refractivity contribution in [1.82, 2.24) is 15.5 Å². The van der Waals surface area contributed by atoms with Crippen molar-refractivity contribution in [2.24, 2.45) is 4.99 Å². The molecule has 2 N–H and O–H groups in total. The van der Waals surface area contributed by atoms with Gasteiger partial charge in [-0.3, -0.25) is 14.1 Å². The Kier molecular flexibility index (Phi) is 9.42. The van der Waals surface area contributed by atoms with E-state index in [1.807, 2.05) is 36.4 Å². The molecule has 0 amide bonds. The molecule has 1 unspecified atom stereocenters. The summed E-state index contributed by atoms with van der Waals surface area (Å²) in [5.41, 5.74) is 1.12. The van der Waals surface area contributed by atoms with Crippen LogP contribution in [0.4, 0.5) is 0 Å². The fourth-order valence-corrected chi connectivity index (χ4v) is 4.05. The van der Waals surface area contributed by atoms with Crippen LogP contribution in [0.15, 0.2) is 48.0 Å². The molecule has 1 aromatic rings. The maximum atomic E-state index is 12.2. The predicted molar refractivity (Wildman–Crippen MR) is 112 cm³/mol. The van der Waals surface area contributed by atoms with E-state index in [4.69, 9.17) is 0 Å². The standard InChI is InChI=1S/C20H32N4OS/c1-3-13-24-14-10-19(11-15-24)23-20(21-4-2)22-12-16-26(25)17-18-8-6-5-7-9-18/h3,5-9,19H,1,4,10-17H2,2H3,(H2,21,22,23). The first-order valence-electron chi connectivity index (χ1n) is 9.48. The van der Waals surface area contributed by atoms with Gasteiger partial charge in [0.25, 0.3) is 0 Å². The molecule has 1 fully saturated rings. The molecule has 1 aliphatic rings. The molecular weight excluding hydrogens is 344 g/mol. The number of nitrogens with one attached hydrogen (secondary N) is 2. The van der Waals surface area contributed by atoms with Gasteiger partial charge in [0.1, 0.15) is 0 Å². The highest BCUT2D eigenvalue weighted by molar-refractivity contribution is 7.84. The summed E-state index contributed by atoms with van der Waals surface area (Å²) in [5.74, 6) is 2.03. The van der Waals surface area contributed by atoms with Gasteiger partial charge in [0.05, 0.1) is 6.54 Å². The Morgan fingerprint density at radius 2 is 2.08 bits per heavy atom. The van der Waals surface area contributed by atoms with Crippen LogP contribution in [0.3, 0.4) is 0 Å². The van der Waals surface area contributed by atoms with Crippen molar-refractivity contribution in [3.05, 3.63) is 48.6 Å². The largest absolute Gasteiger partial charge is 0.357 e. The van der Waals surface area contributed by atoms with Crippen LogP contribution >= 0.6 is 0 Å². The number of guanidine groups is 1. The van der Waals surface area contributed by atoms with Crippen molar-refractivity contribution in [2.45, 2.75) is 31.6 Å². The van der Waals surface area contributed by atoms with Gasteiger partial charge in [0.15, 0.2) is 5.96 Å². The Morgan fingerprint density at radius 1 is 1.35 bits per heavy atom. The number of hydrogen-bond acceptors (Lipinski definition) is 3. The highest BCUT2D eigenvalue weighted by atomic mass is 32.2. The first-order valence-corrected chi connectivity index (χ1v) is 11.0. The third-order valence-corrected chi connectivity index (χ3v) is 5.71. The van der Waals surface area contributed by atoms with Crippen LogP contribution in [-0.4, -0.2) is 59.6 Å². The van der Waals surface area contributed by atoms with Crippen LogP contribution in [0.2, 0.25) is 0 Å². The van der Waals surface area contributed by atoms with E-state index >= 15 is 0 Å². The van der Waals surface area contributed by atoms with Crippen LogP contribution in [0.1, 0.15) is 25.3 Å². The maximum Gasteiger partial charge on any atom is 0.191 e. The molecule has 0 radical (unpaired) electrons. The molecule has 0 saturated carbocycles. The number of aliphatic imine (C=N–C) groups is 1. The van der Waals surface area contributed by atoms with E-state index in [1.54, 1.807) is 0 Å². The summed E-state index contributed by atoms with van der Waals surface area (Å²) >= 11 is 0. The van der Waals surface area contributed by atoms with E-state index in [2.05, 4.69) is 34.0 Å². The normalized spacial score (nSPS) is 17.7. The topological polar surface area (TPSA) is 56.7 Å². The molecule has 1 aromatic carbocycles. The molecular formula is C20H32N4OS. The van der Waals surface area contributed by atoms with Gasteiger partial charge in [-0.25, -0.2) is 0 Å². The van der Waals surface area contributed by atoms with Crippen molar-refractivity contribution in [2.75, 3.05) is 38.5 Å². The summed E-state index contributed by atoms with van der Waals surface area (Å²) in [4.78, 5) is 7.03. The summed E-state index contributed by atoms with van der Waals surface area (Å²) in [6.45, 7) is 10.4. The molecule has 5 nitrogen and oxygen atoms in total. The zero-order valence-electron chi connectivity index (χ0n) is 15.8. The number of nitrogens with zero attached hydrogens (tertiary/aromatic N) is 2. The van der Waals surface area contributed by atoms with Crippen LogP contribution in [0, 0.1) is 0 Å². The number of likely N-dealkylation sites (tertiary alicyclic amines) is 1. The van der Waals surface area contributed by atoms with E-state index in [0.717, 1.165) is 50.5 Å². The SMILES string of the molecule is C=CCN1CCC(NC(=NCCS(=O)Cc2ccccc2)NCC)CC1. The van der Waals surface area contributed by atoms with Gasteiger partial charge in [-0.1, -0.05) is 36.4 Å². The van der Waals surface area contributed by atoms with Gasteiger partial charge >= 0.3 is 0 Å². The van der Waals surface area contributed by atoms with Crippen molar-refractivity contribution in [3.63, 3.8) is 0 Å². The monoisotopic (exact) mass is 376 g/mol. The molecule has 0 bridgehead atoms. The number of piperidine rings is 1. The molecule has 0 spiro atoms. The lowest BCUT2D eigenvalue weighted by Crippen LogP contribution is -2.48. The van der Waals surface area contributed by atoms with Crippen molar-refractivity contribution in [3.8, 4) is 0 Å². The van der Waals surface area contributed by atoms with Crippen LogP contribution in [0.25, 0.3) is 0 Å². The Hall–Kier alpha value is -1.66. The Bertz CT molecular complexity index is 583. The minimum Gasteiger partial charge on any atom is -0.357 e. The molecule has 26 heavy (non-hydrogen) atoms. The van der Waals surface area contributed by atoms with Crippen molar-refractivity contribution >= 4 is 16.8 Å². The zero-order valence-corrected chi connectivity index (χ0v) is 16.6. The van der Waals surface area contributed by atoms with Gasteiger partial charge in [-0.15, -0.1) is 6.58 Å². The maximum absolute atomic E-state index is 12.2. The Balaban J connectivity index is 1.75. The molecule has 144 valence electrons. The fourth-order valence-electron chi connectivity index (χ4n) is 3.05. The first kappa shape index (κ1) is 20.6. The molecule has 6 heteroatoms. The molecule has 1 saturated heterocycles. The van der Waals surface area contributed by atoms with Crippen LogP contribution < -0.4 is 10.6 Å². The fraction of sp³-hybridized carbons (Fsp3) is 0.550. The molecule has 1 aliphatic heterocycles. The van der Waals surface area contributed by atoms with E-state index in [-0.39, 0.29) is 0 Å². The quantitative estimate of drug-likeness (QED) is 0.394. The van der Waals surface area contributed by atoms with E-state index in [0.29, 0.717) is 24.1 Å². The van der Waals surface area contributed by atoms with E-state index in [9.17, 15) is 4.21 Å². The van der Waals surface area contributed by atoms with Crippen LogP contribution in [-0.2, 0) is 16.6 Å². The average molecular weight is 377 g/mol. The predicted octanol–water partition coefficient (Wildman–Crippen LogP) is 2.14. The molecule has 0 aromatic heterocycles. The van der Waals surface area contributed by atoms with Crippen molar-refractivity contribution < 1.29 is 4.21 Å². The van der Waals surface area contributed by atoms with E-state index < -0.39 is 10.8 Å². The zero-order chi connectivity index (χ0) is 18.6. The highest BCUT2D eigenvalue weighted by Gasteiger charge is 2.19. The van der Waals surface area contributed by atoms with Gasteiger partial charge < -0.3 is 10.6 Å². The highest BCUT2D eigenvalue weighted by Crippen LogP contribution is 2.10. The summed E-state index contributed by atoms with van der Waals surface area (Å²) in [7, 11) is -0.884. The van der Waals surface area contributed by atoms with Gasteiger partial charge in [-0.2, -0.15) is 0 Å². The third kappa shape index (κ3) is 7.70. The second-order valence-electron chi connectivity index (χ2n) is 6.54. The lowest BCUT2D eigenvalue weighted by Gasteiger charge is -2.32. The van der Waals surface area contributed by atoms with E-state index in [1.165, 1.54) is 0 Å². The number of hydrogen-bond donors (Lipinski definition) is 2. The third-order valence-electron chi connectivity index (χ3n) is 4.42. The second kappa shape index (κ2) is 11.9. The Labute approximate surface area is 160 Å². The van der Waals surface area contributed by atoms with Crippen molar-refractivity contribution in [1.29, 1.82) is 0 Å². The molecule has 2 rings (SSSR count).